The van der Waals surface area contributed by atoms with Gasteiger partial charge in [0.25, 0.3) is 0 Å². The van der Waals surface area contributed by atoms with E-state index < -0.39 is 11.6 Å². The molecule has 0 aliphatic carbocycles. The molecule has 0 aliphatic rings. The molecule has 0 saturated carbocycles. The molecule has 0 saturated heterocycles. The second kappa shape index (κ2) is 11.6. The van der Waals surface area contributed by atoms with Crippen molar-refractivity contribution in [2.75, 3.05) is 13.2 Å². The Balaban J connectivity index is 1.36. The van der Waals surface area contributed by atoms with Crippen molar-refractivity contribution in [3.05, 3.63) is 102 Å². The third-order valence-electron chi connectivity index (χ3n) is 5.78. The Hall–Kier alpha value is -4.06. The van der Waals surface area contributed by atoms with Crippen LogP contribution in [-0.4, -0.2) is 29.8 Å². The quantitative estimate of drug-likeness (QED) is 0.235. The number of rotatable bonds is 11. The second-order valence-corrected chi connectivity index (χ2v) is 8.67. The van der Waals surface area contributed by atoms with Gasteiger partial charge in [-0.05, 0) is 62.7 Å². The number of nitrogens with zero attached hydrogens (tertiary/aromatic N) is 1. The van der Waals surface area contributed by atoms with Crippen LogP contribution < -0.4 is 9.47 Å². The summed E-state index contributed by atoms with van der Waals surface area (Å²) in [6, 6.07) is 26.8. The van der Waals surface area contributed by atoms with Gasteiger partial charge in [0.1, 0.15) is 17.3 Å². The van der Waals surface area contributed by atoms with Crippen molar-refractivity contribution >= 4 is 5.97 Å². The van der Waals surface area contributed by atoms with E-state index in [1.807, 2.05) is 91.9 Å². The number of oxazole rings is 1. The minimum absolute atomic E-state index is 0.289. The van der Waals surface area contributed by atoms with Crippen LogP contribution in [-0.2, 0) is 22.4 Å². The summed E-state index contributed by atoms with van der Waals surface area (Å²) >= 11 is 0. The van der Waals surface area contributed by atoms with Gasteiger partial charge in [0.2, 0.25) is 11.5 Å². The van der Waals surface area contributed by atoms with Gasteiger partial charge in [-0.15, -0.1) is 0 Å². The molecule has 1 heterocycles. The molecule has 1 aromatic heterocycles. The molecule has 3 aromatic carbocycles. The first kappa shape index (κ1) is 25.0. The topological polar surface area (TPSA) is 70.8 Å². The Morgan fingerprint density at radius 3 is 2.25 bits per heavy atom. The SMILES string of the molecule is CCOC(=O)[C@@](C)(Cc1ccc(OCCc2nc(-c3ccccc3)oc2C)cc1)Oc1ccccc1. The average molecular weight is 486 g/mol. The predicted molar refractivity (Wildman–Crippen MR) is 138 cm³/mol. The first-order valence-corrected chi connectivity index (χ1v) is 12.1. The Kier molecular flexibility index (Phi) is 8.06. The van der Waals surface area contributed by atoms with Crippen LogP contribution in [0.1, 0.15) is 30.9 Å². The lowest BCUT2D eigenvalue weighted by molar-refractivity contribution is -0.160. The maximum atomic E-state index is 12.8. The number of hydrogen-bond acceptors (Lipinski definition) is 6. The normalized spacial score (nSPS) is 12.5. The van der Waals surface area contributed by atoms with Gasteiger partial charge in [0.15, 0.2) is 0 Å². The molecular weight excluding hydrogens is 454 g/mol. The standard InChI is InChI=1S/C30H31NO5/c1-4-33-29(32)30(3,36-26-13-9-6-10-14-26)21-23-15-17-25(18-16-23)34-20-19-27-22(2)35-28(31-27)24-11-7-5-8-12-24/h5-18H,4,19-21H2,1-3H3/t30-/m1/s1. The number of hydrogen-bond donors (Lipinski definition) is 0. The van der Waals surface area contributed by atoms with Gasteiger partial charge in [-0.3, -0.25) is 0 Å². The van der Waals surface area contributed by atoms with Gasteiger partial charge in [0.05, 0.1) is 18.9 Å². The molecule has 0 amide bonds. The highest BCUT2D eigenvalue weighted by molar-refractivity contribution is 5.80. The summed E-state index contributed by atoms with van der Waals surface area (Å²) in [6.45, 7) is 6.22. The fourth-order valence-electron chi connectivity index (χ4n) is 3.91. The van der Waals surface area contributed by atoms with Crippen LogP contribution in [0.3, 0.4) is 0 Å². The second-order valence-electron chi connectivity index (χ2n) is 8.67. The molecule has 0 unspecified atom stereocenters. The molecule has 6 nitrogen and oxygen atoms in total. The van der Waals surface area contributed by atoms with E-state index in [-0.39, 0.29) is 6.61 Å². The van der Waals surface area contributed by atoms with E-state index in [9.17, 15) is 4.79 Å². The smallest absolute Gasteiger partial charge is 0.350 e. The summed E-state index contributed by atoms with van der Waals surface area (Å²) in [5.74, 6) is 2.38. The Labute approximate surface area is 211 Å². The van der Waals surface area contributed by atoms with Gasteiger partial charge < -0.3 is 18.6 Å². The number of para-hydroxylation sites is 1. The third kappa shape index (κ3) is 6.33. The number of carbonyl (C=O) groups excluding carboxylic acids is 1. The zero-order valence-corrected chi connectivity index (χ0v) is 20.9. The zero-order chi connectivity index (χ0) is 25.4. The lowest BCUT2D eigenvalue weighted by Crippen LogP contribution is -2.45. The fraction of sp³-hybridized carbons (Fsp3) is 0.267. The molecule has 0 radical (unpaired) electrons. The Morgan fingerprint density at radius 2 is 1.58 bits per heavy atom. The van der Waals surface area contributed by atoms with E-state index in [1.165, 1.54) is 0 Å². The van der Waals surface area contributed by atoms with E-state index >= 15 is 0 Å². The summed E-state index contributed by atoms with van der Waals surface area (Å²) < 4.78 is 23.2. The van der Waals surface area contributed by atoms with Crippen LogP contribution in [0.5, 0.6) is 11.5 Å². The largest absolute Gasteiger partial charge is 0.493 e. The van der Waals surface area contributed by atoms with Crippen LogP contribution >= 0.6 is 0 Å². The van der Waals surface area contributed by atoms with Gasteiger partial charge in [-0.2, -0.15) is 0 Å². The van der Waals surface area contributed by atoms with Crippen LogP contribution in [0.15, 0.2) is 89.3 Å². The first-order valence-electron chi connectivity index (χ1n) is 12.1. The molecule has 0 aliphatic heterocycles. The maximum absolute atomic E-state index is 12.8. The van der Waals surface area contributed by atoms with Crippen LogP contribution in [0.25, 0.3) is 11.5 Å². The van der Waals surface area contributed by atoms with Crippen molar-refractivity contribution in [1.82, 2.24) is 4.98 Å². The van der Waals surface area contributed by atoms with E-state index in [0.29, 0.717) is 31.1 Å². The molecular formula is C30H31NO5. The van der Waals surface area contributed by atoms with Gasteiger partial charge in [-0.25, -0.2) is 9.78 Å². The number of aryl methyl sites for hydroxylation is 1. The van der Waals surface area contributed by atoms with Crippen molar-refractivity contribution in [3.8, 4) is 23.0 Å². The molecule has 4 rings (SSSR count). The highest BCUT2D eigenvalue weighted by Crippen LogP contribution is 2.26. The summed E-state index contributed by atoms with van der Waals surface area (Å²) in [7, 11) is 0. The number of carbonyl (C=O) groups is 1. The Morgan fingerprint density at radius 1 is 0.917 bits per heavy atom. The van der Waals surface area contributed by atoms with Crippen molar-refractivity contribution in [1.29, 1.82) is 0 Å². The molecule has 4 aromatic rings. The molecule has 0 N–H and O–H groups in total. The third-order valence-corrected chi connectivity index (χ3v) is 5.78. The van der Waals surface area contributed by atoms with Crippen LogP contribution in [0, 0.1) is 6.92 Å². The first-order chi connectivity index (χ1) is 17.5. The van der Waals surface area contributed by atoms with Gasteiger partial charge in [0, 0.05) is 18.4 Å². The molecule has 0 fully saturated rings. The molecule has 1 atom stereocenters. The van der Waals surface area contributed by atoms with Crippen LogP contribution in [0.2, 0.25) is 0 Å². The minimum Gasteiger partial charge on any atom is -0.493 e. The maximum Gasteiger partial charge on any atom is 0.350 e. The van der Waals surface area contributed by atoms with Crippen molar-refractivity contribution in [2.45, 2.75) is 39.2 Å². The number of ether oxygens (including phenoxy) is 3. The highest BCUT2D eigenvalue weighted by atomic mass is 16.6. The minimum atomic E-state index is -1.15. The molecule has 0 bridgehead atoms. The molecule has 0 spiro atoms. The average Bonchev–Trinajstić information content (AvgIpc) is 3.26. The summed E-state index contributed by atoms with van der Waals surface area (Å²) in [5, 5.41) is 0. The fourth-order valence-corrected chi connectivity index (χ4v) is 3.91. The summed E-state index contributed by atoms with van der Waals surface area (Å²) in [5.41, 5.74) is 1.62. The van der Waals surface area contributed by atoms with Gasteiger partial charge in [-0.1, -0.05) is 48.5 Å². The highest BCUT2D eigenvalue weighted by Gasteiger charge is 2.37. The number of benzene rings is 3. The van der Waals surface area contributed by atoms with E-state index in [4.69, 9.17) is 18.6 Å². The lowest BCUT2D eigenvalue weighted by Gasteiger charge is -2.28. The summed E-state index contributed by atoms with van der Waals surface area (Å²) in [6.07, 6.45) is 0.997. The van der Waals surface area contributed by atoms with E-state index in [2.05, 4.69) is 4.98 Å². The van der Waals surface area contributed by atoms with Gasteiger partial charge >= 0.3 is 5.97 Å². The zero-order valence-electron chi connectivity index (χ0n) is 20.9. The summed E-state index contributed by atoms with van der Waals surface area (Å²) in [4.78, 5) is 17.4. The predicted octanol–water partition coefficient (Wildman–Crippen LogP) is 6.21. The Bertz CT molecular complexity index is 1250. The molecule has 186 valence electrons. The van der Waals surface area contributed by atoms with Crippen molar-refractivity contribution in [2.24, 2.45) is 0 Å². The van der Waals surface area contributed by atoms with Crippen LogP contribution in [0.4, 0.5) is 0 Å². The van der Waals surface area contributed by atoms with E-state index in [0.717, 1.165) is 28.3 Å². The number of aromatic nitrogens is 1. The molecule has 6 heteroatoms. The monoisotopic (exact) mass is 485 g/mol. The molecule has 36 heavy (non-hydrogen) atoms. The van der Waals surface area contributed by atoms with E-state index in [1.54, 1.807) is 13.8 Å². The lowest BCUT2D eigenvalue weighted by atomic mass is 9.96. The number of esters is 1. The van der Waals surface area contributed by atoms with Crippen molar-refractivity contribution < 1.29 is 23.4 Å². The van der Waals surface area contributed by atoms with Crippen molar-refractivity contribution in [3.63, 3.8) is 0 Å².